The van der Waals surface area contributed by atoms with Gasteiger partial charge in [-0.1, -0.05) is 48.0 Å². The minimum atomic E-state index is -4.11. The van der Waals surface area contributed by atoms with Crippen molar-refractivity contribution in [3.63, 3.8) is 0 Å². The number of carbonyl (C=O) groups excluding carboxylic acids is 2. The summed E-state index contributed by atoms with van der Waals surface area (Å²) in [4.78, 5) is 28.3. The number of aryl methyl sites for hydroxylation is 1. The van der Waals surface area contributed by atoms with Crippen LogP contribution in [0.25, 0.3) is 0 Å². The van der Waals surface area contributed by atoms with Gasteiger partial charge in [-0.15, -0.1) is 0 Å². The van der Waals surface area contributed by atoms with Crippen molar-refractivity contribution in [2.45, 2.75) is 58.1 Å². The van der Waals surface area contributed by atoms with E-state index >= 15 is 0 Å². The van der Waals surface area contributed by atoms with Crippen molar-refractivity contribution in [1.29, 1.82) is 0 Å². The first-order chi connectivity index (χ1) is 18.5. The Hall–Kier alpha value is -3.85. The highest BCUT2D eigenvalue weighted by Crippen LogP contribution is 2.26. The molecule has 8 nitrogen and oxygen atoms in total. The van der Waals surface area contributed by atoms with Gasteiger partial charge in [-0.2, -0.15) is 0 Å². The van der Waals surface area contributed by atoms with Crippen molar-refractivity contribution in [3.8, 4) is 5.75 Å². The highest BCUT2D eigenvalue weighted by Gasteiger charge is 2.32. The van der Waals surface area contributed by atoms with Crippen LogP contribution in [0.15, 0.2) is 83.8 Å². The molecule has 0 aliphatic carbocycles. The Morgan fingerprint density at radius 1 is 0.897 bits per heavy atom. The topological polar surface area (TPSA) is 96.0 Å². The van der Waals surface area contributed by atoms with E-state index in [1.807, 2.05) is 52.0 Å². The lowest BCUT2D eigenvalue weighted by atomic mass is 10.1. The van der Waals surface area contributed by atoms with E-state index < -0.39 is 28.5 Å². The van der Waals surface area contributed by atoms with Gasteiger partial charge >= 0.3 is 0 Å². The predicted molar refractivity (Wildman–Crippen MR) is 153 cm³/mol. The monoisotopic (exact) mass is 551 g/mol. The molecule has 0 saturated carbocycles. The van der Waals surface area contributed by atoms with E-state index in [1.54, 1.807) is 49.4 Å². The zero-order chi connectivity index (χ0) is 28.6. The molecule has 1 N–H and O–H groups in total. The third-order valence-electron chi connectivity index (χ3n) is 6.12. The third kappa shape index (κ3) is 7.83. The normalized spacial score (nSPS) is 12.1. The summed E-state index contributed by atoms with van der Waals surface area (Å²) in [6, 6.07) is 21.2. The predicted octanol–water partition coefficient (Wildman–Crippen LogP) is 4.53. The molecule has 3 aromatic carbocycles. The summed E-state index contributed by atoms with van der Waals surface area (Å²) >= 11 is 0. The van der Waals surface area contributed by atoms with Crippen LogP contribution in [0.3, 0.4) is 0 Å². The maximum absolute atomic E-state index is 13.9. The molecule has 0 radical (unpaired) electrons. The highest BCUT2D eigenvalue weighted by molar-refractivity contribution is 7.92. The van der Waals surface area contributed by atoms with Gasteiger partial charge in [-0.05, 0) is 76.6 Å². The summed E-state index contributed by atoms with van der Waals surface area (Å²) in [7, 11) is -4.11. The van der Waals surface area contributed by atoms with Gasteiger partial charge in [0.05, 0.1) is 17.2 Å². The molecule has 0 aliphatic rings. The molecule has 0 bridgehead atoms. The van der Waals surface area contributed by atoms with Gasteiger partial charge in [-0.3, -0.25) is 13.9 Å². The largest absolute Gasteiger partial charge is 0.494 e. The van der Waals surface area contributed by atoms with Crippen molar-refractivity contribution in [3.05, 3.63) is 90.0 Å². The number of hydrogen-bond donors (Lipinski definition) is 1. The maximum Gasteiger partial charge on any atom is 0.264 e. The number of rotatable bonds is 12. The first-order valence-corrected chi connectivity index (χ1v) is 14.4. The minimum Gasteiger partial charge on any atom is -0.494 e. The van der Waals surface area contributed by atoms with Crippen LogP contribution in [0, 0.1) is 6.92 Å². The zero-order valence-corrected chi connectivity index (χ0v) is 23.9. The molecule has 208 valence electrons. The fourth-order valence-corrected chi connectivity index (χ4v) is 5.44. The number of hydrogen-bond acceptors (Lipinski definition) is 5. The van der Waals surface area contributed by atoms with E-state index in [1.165, 1.54) is 17.0 Å². The number of benzene rings is 3. The molecular weight excluding hydrogens is 514 g/mol. The van der Waals surface area contributed by atoms with Gasteiger partial charge in [0, 0.05) is 12.6 Å². The van der Waals surface area contributed by atoms with Crippen LogP contribution in [-0.2, 0) is 26.2 Å². The average Bonchev–Trinajstić information content (AvgIpc) is 2.91. The van der Waals surface area contributed by atoms with Crippen molar-refractivity contribution < 1.29 is 22.7 Å². The second kappa shape index (κ2) is 13.3. The summed E-state index contributed by atoms with van der Waals surface area (Å²) < 4.78 is 34.2. The van der Waals surface area contributed by atoms with Gasteiger partial charge in [0.1, 0.15) is 18.3 Å². The lowest BCUT2D eigenvalue weighted by Gasteiger charge is -2.32. The molecule has 39 heavy (non-hydrogen) atoms. The first-order valence-electron chi connectivity index (χ1n) is 13.0. The Morgan fingerprint density at radius 2 is 1.51 bits per heavy atom. The fraction of sp³-hybridized carbons (Fsp3) is 0.333. The molecule has 0 fully saturated rings. The van der Waals surface area contributed by atoms with Crippen molar-refractivity contribution in [1.82, 2.24) is 10.2 Å². The van der Waals surface area contributed by atoms with Gasteiger partial charge in [-0.25, -0.2) is 8.42 Å². The van der Waals surface area contributed by atoms with E-state index in [-0.39, 0.29) is 23.4 Å². The smallest absolute Gasteiger partial charge is 0.264 e. The van der Waals surface area contributed by atoms with Gasteiger partial charge in [0.2, 0.25) is 11.8 Å². The molecule has 0 heterocycles. The fourth-order valence-electron chi connectivity index (χ4n) is 4.00. The van der Waals surface area contributed by atoms with E-state index in [0.717, 1.165) is 15.4 Å². The molecule has 0 aliphatic heterocycles. The molecule has 0 saturated heterocycles. The van der Waals surface area contributed by atoms with Crippen molar-refractivity contribution >= 4 is 27.5 Å². The Labute approximate surface area is 231 Å². The Kier molecular flexibility index (Phi) is 10.1. The molecule has 0 spiro atoms. The summed E-state index contributed by atoms with van der Waals surface area (Å²) in [6.07, 6.45) is 0. The second-order valence-corrected chi connectivity index (χ2v) is 11.5. The number of ether oxygens (including phenoxy) is 1. The highest BCUT2D eigenvalue weighted by atomic mass is 32.2. The van der Waals surface area contributed by atoms with E-state index in [2.05, 4.69) is 5.32 Å². The zero-order valence-electron chi connectivity index (χ0n) is 23.1. The van der Waals surface area contributed by atoms with E-state index in [4.69, 9.17) is 4.74 Å². The summed E-state index contributed by atoms with van der Waals surface area (Å²) in [5.74, 6) is -0.232. The lowest BCUT2D eigenvalue weighted by molar-refractivity contribution is -0.139. The number of carbonyl (C=O) groups is 2. The number of nitrogens with zero attached hydrogens (tertiary/aromatic N) is 2. The molecule has 3 rings (SSSR count). The number of sulfonamides is 1. The summed E-state index contributed by atoms with van der Waals surface area (Å²) in [5.41, 5.74) is 2.21. The van der Waals surface area contributed by atoms with E-state index in [0.29, 0.717) is 18.0 Å². The van der Waals surface area contributed by atoms with Crippen LogP contribution in [0.2, 0.25) is 0 Å². The molecule has 3 aromatic rings. The average molecular weight is 552 g/mol. The number of amides is 2. The quantitative estimate of drug-likeness (QED) is 0.357. The van der Waals surface area contributed by atoms with Crippen LogP contribution < -0.4 is 14.4 Å². The van der Waals surface area contributed by atoms with Crippen LogP contribution in [0.1, 0.15) is 38.8 Å². The van der Waals surface area contributed by atoms with Crippen LogP contribution in [0.4, 0.5) is 5.69 Å². The molecular formula is C30H37N3O5S. The van der Waals surface area contributed by atoms with Crippen LogP contribution in [-0.4, -0.2) is 50.4 Å². The summed E-state index contributed by atoms with van der Waals surface area (Å²) in [6.45, 7) is 9.29. The number of anilines is 1. The van der Waals surface area contributed by atoms with Gasteiger partial charge in [0.25, 0.3) is 10.0 Å². The second-order valence-electron chi connectivity index (χ2n) is 9.60. The molecule has 9 heteroatoms. The molecule has 1 unspecified atom stereocenters. The third-order valence-corrected chi connectivity index (χ3v) is 7.91. The van der Waals surface area contributed by atoms with Gasteiger partial charge in [0.15, 0.2) is 0 Å². The number of nitrogens with one attached hydrogen (secondary N) is 1. The Bertz CT molecular complexity index is 1340. The molecule has 1 atom stereocenters. The molecule has 0 aromatic heterocycles. The molecule has 2 amide bonds. The Morgan fingerprint density at radius 3 is 2.08 bits per heavy atom. The lowest BCUT2D eigenvalue weighted by Crippen LogP contribution is -2.52. The standard InChI is InChI=1S/C30H37N3O5S/c1-6-38-27-18-16-26(17-19-27)33(39(36,37)28-10-8-7-9-11-28)21-29(34)32(24(5)30(35)31-22(2)3)20-25-14-12-23(4)13-15-25/h7-19,22,24H,6,20-21H2,1-5H3,(H,31,35). The minimum absolute atomic E-state index is 0.0577. The first kappa shape index (κ1) is 29.7. The van der Waals surface area contributed by atoms with Crippen LogP contribution in [0.5, 0.6) is 5.75 Å². The SMILES string of the molecule is CCOc1ccc(N(CC(=O)N(Cc2ccc(C)cc2)C(C)C(=O)NC(C)C)S(=O)(=O)c2ccccc2)cc1. The van der Waals surface area contributed by atoms with Gasteiger partial charge < -0.3 is 15.0 Å². The maximum atomic E-state index is 13.9. The summed E-state index contributed by atoms with van der Waals surface area (Å²) in [5, 5.41) is 2.85. The van der Waals surface area contributed by atoms with Crippen molar-refractivity contribution in [2.24, 2.45) is 0 Å². The Balaban J connectivity index is 2.01. The van der Waals surface area contributed by atoms with Crippen LogP contribution >= 0.6 is 0 Å². The van der Waals surface area contributed by atoms with E-state index in [9.17, 15) is 18.0 Å². The van der Waals surface area contributed by atoms with Crippen molar-refractivity contribution in [2.75, 3.05) is 17.5 Å².